The molecule has 1 heterocycles. The summed E-state index contributed by atoms with van der Waals surface area (Å²) in [6, 6.07) is 5.93. The third-order valence-electron chi connectivity index (χ3n) is 4.36. The predicted octanol–water partition coefficient (Wildman–Crippen LogP) is 2.61. The minimum Gasteiger partial charge on any atom is -0.358 e. The van der Waals surface area contributed by atoms with Crippen molar-refractivity contribution in [3.8, 4) is 0 Å². The Balaban J connectivity index is 2.12. The second-order valence-corrected chi connectivity index (χ2v) is 9.08. The summed E-state index contributed by atoms with van der Waals surface area (Å²) in [5, 5.41) is 2.24. The Morgan fingerprint density at radius 1 is 1.22 bits per heavy atom. The van der Waals surface area contributed by atoms with Gasteiger partial charge in [-0.25, -0.2) is 8.42 Å². The van der Waals surface area contributed by atoms with Gasteiger partial charge in [0.2, 0.25) is 5.91 Å². The summed E-state index contributed by atoms with van der Waals surface area (Å²) in [4.78, 5) is 15.4. The normalized spacial score (nSPS) is 13.5. The summed E-state index contributed by atoms with van der Waals surface area (Å²) in [6.45, 7) is 9.00. The Labute approximate surface area is 137 Å². The van der Waals surface area contributed by atoms with Crippen molar-refractivity contribution >= 4 is 26.6 Å². The van der Waals surface area contributed by atoms with Crippen LogP contribution in [0.15, 0.2) is 18.2 Å². The zero-order valence-electron chi connectivity index (χ0n) is 14.2. The van der Waals surface area contributed by atoms with Crippen molar-refractivity contribution in [1.82, 2.24) is 10.3 Å². The first-order valence-corrected chi connectivity index (χ1v) is 9.33. The average Bonchev–Trinajstić information content (AvgIpc) is 2.78. The Bertz CT molecular complexity index is 835. The third kappa shape index (κ3) is 3.42. The molecule has 0 radical (unpaired) electrons. The maximum absolute atomic E-state index is 12.1. The largest absolute Gasteiger partial charge is 0.358 e. The smallest absolute Gasteiger partial charge is 0.238 e. The molecular formula is C17H24N2O3S. The van der Waals surface area contributed by atoms with Crippen LogP contribution in [0.2, 0.25) is 0 Å². The van der Waals surface area contributed by atoms with E-state index in [9.17, 15) is 13.2 Å². The lowest BCUT2D eigenvalue weighted by Crippen LogP contribution is -2.40. The number of carbonyl (C=O) groups excluding carboxylic acids is 1. The molecule has 0 aliphatic rings. The van der Waals surface area contributed by atoms with E-state index in [1.165, 1.54) is 12.5 Å². The minimum atomic E-state index is -3.44. The lowest BCUT2D eigenvalue weighted by Gasteiger charge is -2.15. The Morgan fingerprint density at radius 3 is 2.48 bits per heavy atom. The van der Waals surface area contributed by atoms with E-state index >= 15 is 0 Å². The first-order valence-electron chi connectivity index (χ1n) is 7.72. The van der Waals surface area contributed by atoms with E-state index in [0.29, 0.717) is 6.54 Å². The fourth-order valence-corrected chi connectivity index (χ4v) is 3.71. The molecule has 0 saturated heterocycles. The number of sulfone groups is 1. The van der Waals surface area contributed by atoms with Crippen LogP contribution in [0.3, 0.4) is 0 Å². The molecule has 1 amide bonds. The van der Waals surface area contributed by atoms with Crippen molar-refractivity contribution in [3.63, 3.8) is 0 Å². The molecule has 0 saturated carbocycles. The van der Waals surface area contributed by atoms with Crippen molar-refractivity contribution in [2.45, 2.75) is 51.7 Å². The molecule has 2 rings (SSSR count). The molecule has 0 aliphatic heterocycles. The number of hydrogen-bond donors (Lipinski definition) is 2. The first-order chi connectivity index (χ1) is 10.6. The lowest BCUT2D eigenvalue weighted by atomic mass is 10.1. The molecule has 1 aromatic heterocycles. The molecule has 2 N–H and O–H groups in total. The van der Waals surface area contributed by atoms with Crippen molar-refractivity contribution in [1.29, 1.82) is 0 Å². The van der Waals surface area contributed by atoms with Crippen LogP contribution in [0.25, 0.3) is 10.9 Å². The summed E-state index contributed by atoms with van der Waals surface area (Å²) < 4.78 is 24.1. The highest BCUT2D eigenvalue weighted by atomic mass is 32.2. The highest BCUT2D eigenvalue weighted by Crippen LogP contribution is 2.22. The quantitative estimate of drug-likeness (QED) is 0.881. The van der Waals surface area contributed by atoms with Gasteiger partial charge in [0, 0.05) is 23.1 Å². The zero-order chi connectivity index (χ0) is 17.4. The van der Waals surface area contributed by atoms with Crippen LogP contribution in [0.1, 0.15) is 37.6 Å². The van der Waals surface area contributed by atoms with Gasteiger partial charge in [0.05, 0.1) is 5.25 Å². The van der Waals surface area contributed by atoms with Gasteiger partial charge < -0.3 is 10.3 Å². The zero-order valence-corrected chi connectivity index (χ0v) is 15.0. The van der Waals surface area contributed by atoms with E-state index in [-0.39, 0.29) is 0 Å². The summed E-state index contributed by atoms with van der Waals surface area (Å²) >= 11 is 0. The van der Waals surface area contributed by atoms with Gasteiger partial charge in [0.15, 0.2) is 9.84 Å². The summed E-state index contributed by atoms with van der Waals surface area (Å²) in [5.74, 6) is -0.458. The predicted molar refractivity (Wildman–Crippen MR) is 93.1 cm³/mol. The monoisotopic (exact) mass is 336 g/mol. The molecule has 1 aromatic carbocycles. The Hall–Kier alpha value is -1.82. The maximum Gasteiger partial charge on any atom is 0.238 e. The number of carbonyl (C=O) groups is 1. The highest BCUT2D eigenvalue weighted by Gasteiger charge is 2.30. The Kier molecular flexibility index (Phi) is 4.84. The number of aryl methyl sites for hydroxylation is 2. The van der Waals surface area contributed by atoms with Gasteiger partial charge in [-0.15, -0.1) is 0 Å². The molecule has 126 valence electrons. The molecule has 23 heavy (non-hydrogen) atoms. The molecule has 0 spiro atoms. The van der Waals surface area contributed by atoms with Gasteiger partial charge in [-0.3, -0.25) is 4.79 Å². The van der Waals surface area contributed by atoms with E-state index < -0.39 is 26.2 Å². The molecular weight excluding hydrogens is 312 g/mol. The molecule has 1 unspecified atom stereocenters. The molecule has 5 nitrogen and oxygen atoms in total. The second kappa shape index (κ2) is 6.35. The average molecular weight is 336 g/mol. The standard InChI is InChI=1S/C17H24N2O3S/c1-10(2)23(21,22)13(5)17(20)18-9-14-6-7-16-15(8-14)11(3)12(4)19-16/h6-8,10,13,19H,9H2,1-5H3,(H,18,20). The molecule has 1 atom stereocenters. The number of aromatic amines is 1. The van der Waals surface area contributed by atoms with Crippen LogP contribution in [0, 0.1) is 13.8 Å². The maximum atomic E-state index is 12.1. The number of nitrogens with one attached hydrogen (secondary N) is 2. The molecule has 0 aliphatic carbocycles. The third-order valence-corrected chi connectivity index (χ3v) is 6.87. The van der Waals surface area contributed by atoms with Crippen LogP contribution in [0.5, 0.6) is 0 Å². The number of benzene rings is 1. The van der Waals surface area contributed by atoms with Gasteiger partial charge in [-0.2, -0.15) is 0 Å². The number of hydrogen-bond acceptors (Lipinski definition) is 3. The van der Waals surface area contributed by atoms with Gasteiger partial charge in [0.25, 0.3) is 0 Å². The van der Waals surface area contributed by atoms with Crippen LogP contribution >= 0.6 is 0 Å². The van der Waals surface area contributed by atoms with E-state index in [0.717, 1.165) is 22.2 Å². The lowest BCUT2D eigenvalue weighted by molar-refractivity contribution is -0.120. The number of fused-ring (bicyclic) bond motifs is 1. The van der Waals surface area contributed by atoms with Crippen LogP contribution < -0.4 is 5.32 Å². The van der Waals surface area contributed by atoms with E-state index in [4.69, 9.17) is 0 Å². The van der Waals surface area contributed by atoms with Crippen molar-refractivity contribution < 1.29 is 13.2 Å². The van der Waals surface area contributed by atoms with Crippen molar-refractivity contribution in [2.75, 3.05) is 0 Å². The Morgan fingerprint density at radius 2 is 1.87 bits per heavy atom. The minimum absolute atomic E-state index is 0.316. The molecule has 2 aromatic rings. The molecule has 0 bridgehead atoms. The topological polar surface area (TPSA) is 79.0 Å². The van der Waals surface area contributed by atoms with Crippen molar-refractivity contribution in [2.24, 2.45) is 0 Å². The number of amides is 1. The van der Waals surface area contributed by atoms with E-state index in [2.05, 4.69) is 10.3 Å². The van der Waals surface area contributed by atoms with E-state index in [1.54, 1.807) is 13.8 Å². The van der Waals surface area contributed by atoms with Gasteiger partial charge >= 0.3 is 0 Å². The van der Waals surface area contributed by atoms with Crippen molar-refractivity contribution in [3.05, 3.63) is 35.0 Å². The fraction of sp³-hybridized carbons (Fsp3) is 0.471. The van der Waals surface area contributed by atoms with E-state index in [1.807, 2.05) is 32.0 Å². The van der Waals surface area contributed by atoms with Gasteiger partial charge in [-0.1, -0.05) is 6.07 Å². The SMILES string of the molecule is Cc1[nH]c2ccc(CNC(=O)C(C)S(=O)(=O)C(C)C)cc2c1C. The fourth-order valence-electron chi connectivity index (χ4n) is 2.51. The molecule has 0 fully saturated rings. The van der Waals surface area contributed by atoms with Gasteiger partial charge in [-0.05, 0) is 57.9 Å². The second-order valence-electron chi connectivity index (χ2n) is 6.25. The summed E-state index contributed by atoms with van der Waals surface area (Å²) in [6.07, 6.45) is 0. The number of aromatic nitrogens is 1. The first kappa shape index (κ1) is 17.5. The number of H-pyrrole nitrogens is 1. The van der Waals surface area contributed by atoms with Crippen LogP contribution in [0.4, 0.5) is 0 Å². The van der Waals surface area contributed by atoms with Crippen LogP contribution in [-0.2, 0) is 21.2 Å². The summed E-state index contributed by atoms with van der Waals surface area (Å²) in [7, 11) is -3.44. The molecule has 6 heteroatoms. The van der Waals surface area contributed by atoms with Crippen LogP contribution in [-0.4, -0.2) is 29.8 Å². The number of rotatable bonds is 5. The highest BCUT2D eigenvalue weighted by molar-refractivity contribution is 7.93. The van der Waals surface area contributed by atoms with Gasteiger partial charge in [0.1, 0.15) is 5.25 Å². The summed E-state index contributed by atoms with van der Waals surface area (Å²) in [5.41, 5.74) is 4.31.